The van der Waals surface area contributed by atoms with E-state index in [-0.39, 0.29) is 49.9 Å². The number of hydrogen-bond acceptors (Lipinski definition) is 15. The van der Waals surface area contributed by atoms with Gasteiger partial charge in [-0.3, -0.25) is 19.3 Å². The number of carboxylic acid groups (broad SMARTS) is 1. The molecule has 1 unspecified atom stereocenters. The van der Waals surface area contributed by atoms with Crippen LogP contribution < -0.4 is 21.1 Å². The molecule has 0 saturated carbocycles. The van der Waals surface area contributed by atoms with E-state index < -0.39 is 64.9 Å². The summed E-state index contributed by atoms with van der Waals surface area (Å²) in [4.78, 5) is 79.3. The molecule has 0 radical (unpaired) electrons. The molecular formula is C26H21F3N8O9S3. The number of nitrogen functional groups attached to an aromatic ring is 1. The number of alkyl halides is 3. The van der Waals surface area contributed by atoms with Gasteiger partial charge in [-0.05, 0) is 5.57 Å². The Morgan fingerprint density at radius 1 is 1.24 bits per heavy atom. The number of aromatic nitrogens is 3. The van der Waals surface area contributed by atoms with Crippen LogP contribution in [0.5, 0.6) is 11.5 Å². The summed E-state index contributed by atoms with van der Waals surface area (Å²) >= 11 is 3.22. The fourth-order valence-electron chi connectivity index (χ4n) is 4.86. The van der Waals surface area contributed by atoms with E-state index in [4.69, 9.17) is 10.6 Å². The summed E-state index contributed by atoms with van der Waals surface area (Å²) in [7, 11) is 0. The lowest BCUT2D eigenvalue weighted by molar-refractivity contribution is -0.189. The smallest absolute Gasteiger partial charge is 0.491 e. The van der Waals surface area contributed by atoms with Crippen molar-refractivity contribution in [2.45, 2.75) is 35.3 Å². The number of phenolic OH excluding ortho intramolecular Hbond substituents is 1. The monoisotopic (exact) mass is 742 g/mol. The molecular weight excluding hydrogens is 722 g/mol. The zero-order chi connectivity index (χ0) is 35.2. The number of aliphatic carboxylic acids is 1. The van der Waals surface area contributed by atoms with Crippen molar-refractivity contribution in [2.24, 2.45) is 5.16 Å². The second-order valence-corrected chi connectivity index (χ2v) is 13.3. The highest BCUT2D eigenvalue weighted by atomic mass is 32.2. The van der Waals surface area contributed by atoms with Crippen molar-refractivity contribution >= 4 is 86.4 Å². The predicted octanol–water partition coefficient (Wildman–Crippen LogP) is 0.915. The van der Waals surface area contributed by atoms with Crippen molar-refractivity contribution in [1.82, 2.24) is 30.5 Å². The number of esters is 1. The largest absolute Gasteiger partial charge is 0.504 e. The predicted molar refractivity (Wildman–Crippen MR) is 165 cm³/mol. The van der Waals surface area contributed by atoms with Gasteiger partial charge in [-0.2, -0.15) is 13.2 Å². The van der Waals surface area contributed by atoms with E-state index in [2.05, 4.69) is 35.5 Å². The molecule has 2 aromatic heterocycles. The Hall–Kier alpha value is -5.03. The number of benzene rings is 1. The average Bonchev–Trinajstić information content (AvgIpc) is 3.77. The third-order valence-electron chi connectivity index (χ3n) is 7.14. The first-order chi connectivity index (χ1) is 23.2. The molecule has 7 N–H and O–H groups in total. The molecule has 258 valence electrons. The molecule has 23 heteroatoms. The van der Waals surface area contributed by atoms with E-state index in [1.807, 2.05) is 0 Å². The number of carbonyl (C=O) groups is 5. The van der Waals surface area contributed by atoms with Gasteiger partial charge < -0.3 is 41.1 Å². The van der Waals surface area contributed by atoms with Crippen LogP contribution in [0.3, 0.4) is 0 Å². The molecule has 3 aliphatic heterocycles. The van der Waals surface area contributed by atoms with E-state index in [0.717, 1.165) is 40.1 Å². The number of hydrogen-bond donors (Lipinski definition) is 6. The number of carboxylic acids is 1. The number of carbonyl (C=O) groups excluding carboxylic acids is 4. The van der Waals surface area contributed by atoms with Gasteiger partial charge in [-0.15, -0.1) is 23.1 Å². The normalized spacial score (nSPS) is 20.9. The molecule has 0 bridgehead atoms. The first kappa shape index (κ1) is 33.9. The van der Waals surface area contributed by atoms with Gasteiger partial charge >= 0.3 is 18.1 Å². The number of nitrogens with one attached hydrogen (secondary N) is 3. The van der Waals surface area contributed by atoms with E-state index in [1.165, 1.54) is 17.1 Å². The lowest BCUT2D eigenvalue weighted by Gasteiger charge is -2.49. The number of β-lactam (4-membered cyclic amide) rings is 1. The van der Waals surface area contributed by atoms with Crippen molar-refractivity contribution in [2.75, 3.05) is 23.8 Å². The fraction of sp³-hybridized carbons (Fsp3) is 0.308. The first-order valence-corrected chi connectivity index (χ1v) is 16.7. The molecule has 3 amide bonds. The molecule has 6 rings (SSSR count). The summed E-state index contributed by atoms with van der Waals surface area (Å²) in [5.41, 5.74) is 5.69. The van der Waals surface area contributed by atoms with Crippen molar-refractivity contribution in [3.63, 3.8) is 0 Å². The average molecular weight is 743 g/mol. The van der Waals surface area contributed by atoms with Crippen LogP contribution >= 0.6 is 34.9 Å². The summed E-state index contributed by atoms with van der Waals surface area (Å²) < 4.78 is 42.0. The second kappa shape index (κ2) is 13.1. The Bertz CT molecular complexity index is 1960. The summed E-state index contributed by atoms with van der Waals surface area (Å²) in [6.07, 6.45) is -5.90. The van der Waals surface area contributed by atoms with E-state index >= 15 is 0 Å². The standard InChI is InChI=1S/C26H21F3N8O9S3/c27-26(28,29)23(44)45-14-4-10-9(3-12(14)38)33-25(34-10)49-6-8-5-47-21-16(20(41)37(21)17(8)22(42)43)35-19(40)15(11-7-48-24(30)32-11)36-46-13-1-2-31-18(13)39/h3-4,7,13,16,21,38H,1-2,5-6H2,(H2,30,32)(H,31,39)(H,33,34)(H,35,40)(H,42,43)/t13?,16-,21+/m1/s1. The molecule has 2 fully saturated rings. The Balaban J connectivity index is 1.15. The minimum Gasteiger partial charge on any atom is -0.504 e. The van der Waals surface area contributed by atoms with Crippen molar-refractivity contribution < 1.29 is 56.9 Å². The number of thioether (sulfide) groups is 2. The SMILES string of the molecule is Nc1nc(C(=NOC2CCNC2=O)C(=O)N[C@@H]2C(=O)N3C(C(=O)O)=C(CSc4nc5cc(O)c(OC(=O)C(F)(F)F)cc5[nH]4)CS[C@@H]23)cs1. The number of thiazole rings is 1. The third kappa shape index (κ3) is 6.80. The number of H-pyrrole nitrogens is 1. The zero-order valence-corrected chi connectivity index (χ0v) is 26.7. The van der Waals surface area contributed by atoms with Crippen LogP contribution in [0.25, 0.3) is 11.0 Å². The van der Waals surface area contributed by atoms with Gasteiger partial charge in [0.15, 0.2) is 27.5 Å². The quantitative estimate of drug-likeness (QED) is 0.0422. The number of aromatic amines is 1. The number of phenols is 1. The van der Waals surface area contributed by atoms with Crippen molar-refractivity contribution in [1.29, 1.82) is 0 Å². The van der Waals surface area contributed by atoms with Crippen LogP contribution in [-0.4, -0.2) is 107 Å². The minimum atomic E-state index is -5.29. The van der Waals surface area contributed by atoms with Gasteiger partial charge in [0.1, 0.15) is 22.8 Å². The molecule has 1 aromatic carbocycles. The lowest BCUT2D eigenvalue weighted by atomic mass is 10.0. The lowest BCUT2D eigenvalue weighted by Crippen LogP contribution is -2.71. The minimum absolute atomic E-state index is 0.0119. The van der Waals surface area contributed by atoms with Gasteiger partial charge in [0, 0.05) is 42.0 Å². The number of ether oxygens (including phenoxy) is 1. The number of nitrogens with two attached hydrogens (primary N) is 1. The third-order valence-corrected chi connectivity index (χ3v) is 10.1. The number of aromatic hydroxyl groups is 1. The highest BCUT2D eigenvalue weighted by Gasteiger charge is 2.54. The maximum atomic E-state index is 13.3. The van der Waals surface area contributed by atoms with E-state index in [1.54, 1.807) is 0 Å². The zero-order valence-electron chi connectivity index (χ0n) is 24.3. The molecule has 3 atom stereocenters. The second-order valence-electron chi connectivity index (χ2n) is 10.4. The molecule has 2 saturated heterocycles. The van der Waals surface area contributed by atoms with Crippen LogP contribution in [0, 0.1) is 0 Å². The summed E-state index contributed by atoms with van der Waals surface area (Å²) in [5.74, 6) is -7.27. The van der Waals surface area contributed by atoms with E-state index in [0.29, 0.717) is 18.5 Å². The number of rotatable bonds is 10. The van der Waals surface area contributed by atoms with Gasteiger partial charge in [0.2, 0.25) is 6.10 Å². The molecule has 0 aliphatic carbocycles. The Morgan fingerprint density at radius 2 is 2.02 bits per heavy atom. The Morgan fingerprint density at radius 3 is 2.67 bits per heavy atom. The number of oxime groups is 1. The molecule has 49 heavy (non-hydrogen) atoms. The van der Waals surface area contributed by atoms with Crippen molar-refractivity contribution in [3.8, 4) is 11.5 Å². The first-order valence-electron chi connectivity index (χ1n) is 13.8. The molecule has 3 aromatic rings. The van der Waals surface area contributed by atoms with Crippen LogP contribution in [0.2, 0.25) is 0 Å². The van der Waals surface area contributed by atoms with Crippen molar-refractivity contribution in [3.05, 3.63) is 34.5 Å². The van der Waals surface area contributed by atoms with Crippen LogP contribution in [-0.2, 0) is 28.8 Å². The Kier molecular flexibility index (Phi) is 9.06. The van der Waals surface area contributed by atoms with Gasteiger partial charge in [0.05, 0.1) is 11.0 Å². The van der Waals surface area contributed by atoms with Gasteiger partial charge in [-0.1, -0.05) is 16.9 Å². The van der Waals surface area contributed by atoms with E-state index in [9.17, 15) is 47.4 Å². The maximum Gasteiger partial charge on any atom is 0.491 e. The topological polar surface area (TPSA) is 252 Å². The molecule has 3 aliphatic rings. The van der Waals surface area contributed by atoms with Crippen LogP contribution in [0.1, 0.15) is 12.1 Å². The van der Waals surface area contributed by atoms with Crippen LogP contribution in [0.4, 0.5) is 18.3 Å². The molecule has 17 nitrogen and oxygen atoms in total. The van der Waals surface area contributed by atoms with Crippen LogP contribution in [0.15, 0.2) is 39.1 Å². The fourth-order valence-corrected chi connectivity index (χ4v) is 7.78. The van der Waals surface area contributed by atoms with Gasteiger partial charge in [-0.25, -0.2) is 19.6 Å². The Labute approximate surface area is 283 Å². The number of amides is 3. The maximum absolute atomic E-state index is 13.3. The number of halogens is 3. The highest BCUT2D eigenvalue weighted by Crippen LogP contribution is 2.42. The number of nitrogens with zero attached hydrogens (tertiary/aromatic N) is 4. The molecule has 0 spiro atoms. The number of fused-ring (bicyclic) bond motifs is 2. The summed E-state index contributed by atoms with van der Waals surface area (Å²) in [6, 6.07) is 0.807. The highest BCUT2D eigenvalue weighted by molar-refractivity contribution is 8.01. The number of imidazole rings is 1. The summed E-state index contributed by atoms with van der Waals surface area (Å²) in [6.45, 7) is 0.367. The number of anilines is 1. The summed E-state index contributed by atoms with van der Waals surface area (Å²) in [5, 5.41) is 30.0. The molecule has 5 heterocycles. The van der Waals surface area contributed by atoms with Gasteiger partial charge in [0.25, 0.3) is 17.7 Å².